The first kappa shape index (κ1) is 19.4. The van der Waals surface area contributed by atoms with Crippen LogP contribution in [0.4, 0.5) is 25.2 Å². The number of aryl methyl sites for hydroxylation is 1. The highest BCUT2D eigenvalue weighted by atomic mass is 19.3. The molecule has 10 heteroatoms. The number of nitrogens with one attached hydrogen (secondary N) is 2. The first-order valence-electron chi connectivity index (χ1n) is 9.54. The van der Waals surface area contributed by atoms with E-state index in [2.05, 4.69) is 25.5 Å². The van der Waals surface area contributed by atoms with Crippen LogP contribution in [0.5, 0.6) is 0 Å². The van der Waals surface area contributed by atoms with E-state index in [9.17, 15) is 13.6 Å². The Morgan fingerprint density at radius 3 is 2.72 bits per heavy atom. The second kappa shape index (κ2) is 7.51. The number of halogens is 2. The van der Waals surface area contributed by atoms with Gasteiger partial charge in [-0.05, 0) is 24.1 Å². The van der Waals surface area contributed by atoms with Crippen LogP contribution in [-0.2, 0) is 11.2 Å². The quantitative estimate of drug-likeness (QED) is 0.810. The molecule has 1 atom stereocenters. The van der Waals surface area contributed by atoms with E-state index in [1.54, 1.807) is 0 Å². The minimum absolute atomic E-state index is 0.0187. The Morgan fingerprint density at radius 2 is 2.03 bits per heavy atom. The lowest BCUT2D eigenvalue weighted by molar-refractivity contribution is -0.0985. The third kappa shape index (κ3) is 3.84. The highest BCUT2D eigenvalue weighted by Gasteiger charge is 2.45. The summed E-state index contributed by atoms with van der Waals surface area (Å²) in [5.41, 5.74) is 1.72. The summed E-state index contributed by atoms with van der Waals surface area (Å²) in [5.74, 6) is -2.52. The zero-order valence-electron chi connectivity index (χ0n) is 16.2. The molecule has 1 fully saturated rings. The molecule has 4 heterocycles. The maximum Gasteiger partial charge on any atom is 0.413 e. The number of alkyl halides is 2. The molecule has 0 unspecified atom stereocenters. The summed E-state index contributed by atoms with van der Waals surface area (Å²) in [6.07, 6.45) is -0.777. The summed E-state index contributed by atoms with van der Waals surface area (Å²) in [4.78, 5) is 26.8. The van der Waals surface area contributed by atoms with Crippen molar-refractivity contribution in [3.8, 4) is 11.4 Å². The topological polar surface area (TPSA) is 92.3 Å². The van der Waals surface area contributed by atoms with Crippen molar-refractivity contribution in [2.24, 2.45) is 0 Å². The number of cyclic esters (lactones) is 1. The fraction of sp³-hybridized carbons (Fsp3) is 0.474. The molecule has 2 aromatic heterocycles. The van der Waals surface area contributed by atoms with Crippen molar-refractivity contribution in [3.05, 3.63) is 29.6 Å². The van der Waals surface area contributed by atoms with Gasteiger partial charge in [0.1, 0.15) is 23.7 Å². The number of carbonyl (C=O) groups excluding carboxylic acids is 1. The Balaban J connectivity index is 1.85. The van der Waals surface area contributed by atoms with Crippen LogP contribution < -0.4 is 15.5 Å². The third-order valence-corrected chi connectivity index (χ3v) is 5.02. The zero-order valence-corrected chi connectivity index (χ0v) is 16.2. The maximum absolute atomic E-state index is 14.3. The molecule has 2 N–H and O–H groups in total. The van der Waals surface area contributed by atoms with E-state index in [0.717, 1.165) is 44.0 Å². The fourth-order valence-corrected chi connectivity index (χ4v) is 3.55. The van der Waals surface area contributed by atoms with Crippen molar-refractivity contribution in [3.63, 3.8) is 0 Å². The van der Waals surface area contributed by atoms with Crippen LogP contribution >= 0.6 is 0 Å². The van der Waals surface area contributed by atoms with Crippen LogP contribution in [0.2, 0.25) is 0 Å². The Bertz CT molecular complexity index is 927. The number of hydrogen-bond acceptors (Lipinski definition) is 7. The fourth-order valence-electron chi connectivity index (χ4n) is 3.55. The normalized spacial score (nSPS) is 19.4. The van der Waals surface area contributed by atoms with Crippen LogP contribution in [0.25, 0.3) is 11.4 Å². The Hall–Kier alpha value is -2.88. The van der Waals surface area contributed by atoms with Crippen LogP contribution in [0, 0.1) is 0 Å². The highest BCUT2D eigenvalue weighted by Crippen LogP contribution is 2.43. The number of nitrogens with zero attached hydrogens (tertiary/aromatic N) is 4. The highest BCUT2D eigenvalue weighted by molar-refractivity contribution is 5.88. The standard InChI is InChI=1S/C19H22F2N6O2/c1-3-11-8-12(25-13(9-11)27-6-4-22-5-7-27)15-14-16(19(2,20)21)29-18(28)26-17(14)24-10-23-15/h8-10,16,22H,3-7H2,1-2H3,(H,23,24,26,28)/t16-/m1/s1. The van der Waals surface area contributed by atoms with Crippen molar-refractivity contribution >= 4 is 17.7 Å². The Morgan fingerprint density at radius 1 is 1.28 bits per heavy atom. The first-order valence-corrected chi connectivity index (χ1v) is 9.54. The van der Waals surface area contributed by atoms with E-state index in [0.29, 0.717) is 12.6 Å². The van der Waals surface area contributed by atoms with Crippen molar-refractivity contribution in [1.82, 2.24) is 20.3 Å². The summed E-state index contributed by atoms with van der Waals surface area (Å²) < 4.78 is 33.5. The minimum Gasteiger partial charge on any atom is -0.434 e. The Labute approximate surface area is 166 Å². The van der Waals surface area contributed by atoms with Gasteiger partial charge in [0.2, 0.25) is 0 Å². The van der Waals surface area contributed by atoms with E-state index in [-0.39, 0.29) is 17.1 Å². The number of amides is 1. The Kier molecular flexibility index (Phi) is 5.03. The molecule has 0 aliphatic carbocycles. The molecule has 0 aromatic carbocycles. The monoisotopic (exact) mass is 404 g/mol. The largest absolute Gasteiger partial charge is 0.434 e. The summed E-state index contributed by atoms with van der Waals surface area (Å²) in [6, 6.07) is 3.84. The third-order valence-electron chi connectivity index (χ3n) is 5.02. The van der Waals surface area contributed by atoms with E-state index < -0.39 is 18.1 Å². The molecule has 0 spiro atoms. The average molecular weight is 404 g/mol. The number of ether oxygens (including phenoxy) is 1. The lowest BCUT2D eigenvalue weighted by Gasteiger charge is -2.31. The SMILES string of the molecule is CCc1cc(-c2ncnc3c2[C@H](C(C)(F)F)OC(=O)N3)nc(N2CCNCC2)c1. The number of pyridine rings is 1. The van der Waals surface area contributed by atoms with Crippen molar-refractivity contribution in [2.45, 2.75) is 32.3 Å². The van der Waals surface area contributed by atoms with Gasteiger partial charge in [0, 0.05) is 33.1 Å². The van der Waals surface area contributed by atoms with Gasteiger partial charge in [0.15, 0.2) is 6.10 Å². The predicted octanol–water partition coefficient (Wildman–Crippen LogP) is 2.77. The molecule has 2 aromatic rings. The second-order valence-electron chi connectivity index (χ2n) is 7.16. The number of carbonyl (C=O) groups is 1. The number of piperazine rings is 1. The van der Waals surface area contributed by atoms with Crippen LogP contribution in [0.3, 0.4) is 0 Å². The molecule has 2 aliphatic rings. The van der Waals surface area contributed by atoms with Crippen LogP contribution in [0.15, 0.2) is 18.5 Å². The van der Waals surface area contributed by atoms with Crippen LogP contribution in [-0.4, -0.2) is 53.1 Å². The van der Waals surface area contributed by atoms with Crippen molar-refractivity contribution in [1.29, 1.82) is 0 Å². The maximum atomic E-state index is 14.3. The summed E-state index contributed by atoms with van der Waals surface area (Å²) >= 11 is 0. The molecule has 0 radical (unpaired) electrons. The number of fused-ring (bicyclic) bond motifs is 1. The van der Waals surface area contributed by atoms with Crippen LogP contribution in [0.1, 0.15) is 31.1 Å². The van der Waals surface area contributed by atoms with E-state index in [1.807, 2.05) is 19.1 Å². The minimum atomic E-state index is -3.31. The molecular weight excluding hydrogens is 382 g/mol. The smallest absolute Gasteiger partial charge is 0.413 e. The molecule has 1 saturated heterocycles. The molecule has 2 aliphatic heterocycles. The molecule has 4 rings (SSSR count). The van der Waals surface area contributed by atoms with Crippen molar-refractivity contribution < 1.29 is 18.3 Å². The van der Waals surface area contributed by atoms with Gasteiger partial charge in [-0.2, -0.15) is 0 Å². The molecular formula is C19H22F2N6O2. The lowest BCUT2D eigenvalue weighted by Crippen LogP contribution is -2.44. The average Bonchev–Trinajstić information content (AvgIpc) is 2.72. The summed E-state index contributed by atoms with van der Waals surface area (Å²) in [6.45, 7) is 6.02. The number of hydrogen-bond donors (Lipinski definition) is 2. The molecule has 1 amide bonds. The second-order valence-corrected chi connectivity index (χ2v) is 7.16. The molecule has 8 nitrogen and oxygen atoms in total. The van der Waals surface area contributed by atoms with Gasteiger partial charge >= 0.3 is 6.09 Å². The lowest BCUT2D eigenvalue weighted by atomic mass is 9.99. The van der Waals surface area contributed by atoms with Gasteiger partial charge in [-0.15, -0.1) is 0 Å². The van der Waals surface area contributed by atoms with Gasteiger partial charge in [-0.3, -0.25) is 5.32 Å². The molecule has 0 saturated carbocycles. The molecule has 29 heavy (non-hydrogen) atoms. The number of anilines is 2. The van der Waals surface area contributed by atoms with E-state index >= 15 is 0 Å². The number of aromatic nitrogens is 3. The molecule has 154 valence electrons. The zero-order chi connectivity index (χ0) is 20.6. The summed E-state index contributed by atoms with van der Waals surface area (Å²) in [7, 11) is 0. The van der Waals surface area contributed by atoms with E-state index in [1.165, 1.54) is 6.33 Å². The first-order chi connectivity index (χ1) is 13.9. The molecule has 0 bridgehead atoms. The van der Waals surface area contributed by atoms with Gasteiger partial charge in [-0.1, -0.05) is 6.92 Å². The predicted molar refractivity (Wildman–Crippen MR) is 103 cm³/mol. The van der Waals surface area contributed by atoms with E-state index in [4.69, 9.17) is 9.72 Å². The van der Waals surface area contributed by atoms with Crippen molar-refractivity contribution in [2.75, 3.05) is 36.4 Å². The van der Waals surface area contributed by atoms with Gasteiger partial charge < -0.3 is 15.0 Å². The van der Waals surface area contributed by atoms with Gasteiger partial charge in [-0.25, -0.2) is 28.5 Å². The van der Waals surface area contributed by atoms with Gasteiger partial charge in [0.05, 0.1) is 11.3 Å². The number of rotatable bonds is 4. The van der Waals surface area contributed by atoms with Gasteiger partial charge in [0.25, 0.3) is 5.92 Å². The summed E-state index contributed by atoms with van der Waals surface area (Å²) in [5, 5.41) is 5.68.